The van der Waals surface area contributed by atoms with Crippen molar-refractivity contribution >= 4 is 16.0 Å². The Morgan fingerprint density at radius 1 is 1.40 bits per heavy atom. The molecule has 6 nitrogen and oxygen atoms in total. The number of rotatable bonds is 7. The molecular weight excluding hydrogens is 280 g/mol. The number of sulfonamides is 1. The van der Waals surface area contributed by atoms with Crippen LogP contribution < -0.4 is 0 Å². The molecule has 0 fully saturated rings. The first-order chi connectivity index (χ1) is 9.29. The van der Waals surface area contributed by atoms with Crippen molar-refractivity contribution in [1.82, 2.24) is 8.87 Å². The van der Waals surface area contributed by atoms with Crippen molar-refractivity contribution in [3.05, 3.63) is 18.0 Å². The highest BCUT2D eigenvalue weighted by atomic mass is 32.2. The molecule has 7 heteroatoms. The van der Waals surface area contributed by atoms with Gasteiger partial charge in [0.05, 0.1) is 0 Å². The molecule has 1 aromatic heterocycles. The fraction of sp³-hybridized carbons (Fsp3) is 0.615. The Bertz CT molecular complexity index is 577. The van der Waals surface area contributed by atoms with Gasteiger partial charge in [-0.25, -0.2) is 13.2 Å². The maximum absolute atomic E-state index is 12.6. The molecule has 0 aliphatic carbocycles. The molecule has 0 amide bonds. The minimum atomic E-state index is -3.66. The van der Waals surface area contributed by atoms with Gasteiger partial charge < -0.3 is 9.67 Å². The minimum Gasteiger partial charge on any atom is -0.477 e. The van der Waals surface area contributed by atoms with Gasteiger partial charge in [0.25, 0.3) is 0 Å². The summed E-state index contributed by atoms with van der Waals surface area (Å²) in [6.07, 6.45) is 2.09. The number of hydrogen-bond acceptors (Lipinski definition) is 3. The van der Waals surface area contributed by atoms with Crippen molar-refractivity contribution in [2.24, 2.45) is 0 Å². The Morgan fingerprint density at radius 2 is 2.00 bits per heavy atom. The SMILES string of the molecule is CCC(C)N(CC)S(=O)(=O)c1cc(C(=O)O)n(CC)c1. The first-order valence-corrected chi connectivity index (χ1v) is 8.18. The van der Waals surface area contributed by atoms with E-state index in [0.29, 0.717) is 19.5 Å². The topological polar surface area (TPSA) is 79.6 Å². The number of carboxylic acids is 1. The van der Waals surface area contributed by atoms with E-state index < -0.39 is 16.0 Å². The van der Waals surface area contributed by atoms with Gasteiger partial charge in [0, 0.05) is 25.3 Å². The summed E-state index contributed by atoms with van der Waals surface area (Å²) < 4.78 is 28.0. The fourth-order valence-corrected chi connectivity index (χ4v) is 3.88. The lowest BCUT2D eigenvalue weighted by molar-refractivity contribution is 0.0685. The van der Waals surface area contributed by atoms with Crippen LogP contribution in [0.5, 0.6) is 0 Å². The second-order valence-corrected chi connectivity index (χ2v) is 6.51. The van der Waals surface area contributed by atoms with Crippen molar-refractivity contribution in [1.29, 1.82) is 0 Å². The maximum atomic E-state index is 12.6. The van der Waals surface area contributed by atoms with E-state index in [-0.39, 0.29) is 16.6 Å². The second kappa shape index (κ2) is 6.41. The van der Waals surface area contributed by atoms with E-state index >= 15 is 0 Å². The first-order valence-electron chi connectivity index (χ1n) is 6.74. The Kier molecular flexibility index (Phi) is 5.35. The predicted molar refractivity (Wildman–Crippen MR) is 76.4 cm³/mol. The lowest BCUT2D eigenvalue weighted by Crippen LogP contribution is -2.37. The van der Waals surface area contributed by atoms with E-state index in [1.807, 2.05) is 13.8 Å². The summed E-state index contributed by atoms with van der Waals surface area (Å²) in [7, 11) is -3.66. The van der Waals surface area contributed by atoms with Crippen molar-refractivity contribution in [2.75, 3.05) is 6.54 Å². The van der Waals surface area contributed by atoms with Crippen molar-refractivity contribution < 1.29 is 18.3 Å². The predicted octanol–water partition coefficient (Wildman–Crippen LogP) is 2.02. The smallest absolute Gasteiger partial charge is 0.352 e. The molecule has 0 saturated heterocycles. The monoisotopic (exact) mass is 302 g/mol. The molecule has 0 saturated carbocycles. The molecular formula is C13H22N2O4S. The zero-order valence-corrected chi connectivity index (χ0v) is 13.1. The summed E-state index contributed by atoms with van der Waals surface area (Å²) >= 11 is 0. The number of aryl methyl sites for hydroxylation is 1. The standard InChI is InChI=1S/C13H22N2O4S/c1-5-10(4)15(7-3)20(18,19)11-8-12(13(16)17)14(6-2)9-11/h8-10H,5-7H2,1-4H3,(H,16,17). The maximum Gasteiger partial charge on any atom is 0.352 e. The molecule has 1 unspecified atom stereocenters. The molecule has 0 bridgehead atoms. The van der Waals surface area contributed by atoms with Crippen LogP contribution in [0.25, 0.3) is 0 Å². The summed E-state index contributed by atoms with van der Waals surface area (Å²) in [5.41, 5.74) is -0.00807. The number of hydrogen-bond donors (Lipinski definition) is 1. The van der Waals surface area contributed by atoms with Crippen LogP contribution in [0.1, 0.15) is 44.6 Å². The van der Waals surface area contributed by atoms with E-state index in [0.717, 1.165) is 0 Å². The van der Waals surface area contributed by atoms with E-state index in [1.54, 1.807) is 13.8 Å². The molecule has 1 atom stereocenters. The normalized spacial score (nSPS) is 13.7. The van der Waals surface area contributed by atoms with Crippen molar-refractivity contribution in [2.45, 2.75) is 51.6 Å². The molecule has 0 aliphatic rings. The Morgan fingerprint density at radius 3 is 2.35 bits per heavy atom. The summed E-state index contributed by atoms with van der Waals surface area (Å²) in [5.74, 6) is -1.13. The zero-order valence-electron chi connectivity index (χ0n) is 12.3. The zero-order chi connectivity index (χ0) is 15.5. The number of carboxylic acid groups (broad SMARTS) is 1. The van der Waals surface area contributed by atoms with Crippen molar-refractivity contribution in [3.63, 3.8) is 0 Å². The van der Waals surface area contributed by atoms with Crippen LogP contribution in [0.4, 0.5) is 0 Å². The first kappa shape index (κ1) is 16.7. The number of aromatic carboxylic acids is 1. The van der Waals surface area contributed by atoms with Crippen LogP contribution in [0.3, 0.4) is 0 Å². The van der Waals surface area contributed by atoms with Gasteiger partial charge in [-0.3, -0.25) is 0 Å². The van der Waals surface area contributed by atoms with E-state index in [9.17, 15) is 13.2 Å². The number of nitrogens with zero attached hydrogens (tertiary/aromatic N) is 2. The number of aromatic nitrogens is 1. The molecule has 0 aromatic carbocycles. The summed E-state index contributed by atoms with van der Waals surface area (Å²) in [5, 5.41) is 9.10. The molecule has 1 N–H and O–H groups in total. The summed E-state index contributed by atoms with van der Waals surface area (Å²) in [6, 6.07) is 1.11. The molecule has 1 aromatic rings. The third kappa shape index (κ3) is 3.04. The molecule has 1 heterocycles. The second-order valence-electron chi connectivity index (χ2n) is 4.62. The molecule has 0 spiro atoms. The third-order valence-electron chi connectivity index (χ3n) is 3.43. The Labute approximate surface area is 120 Å². The van der Waals surface area contributed by atoms with Gasteiger partial charge in [-0.2, -0.15) is 4.31 Å². The lowest BCUT2D eigenvalue weighted by atomic mass is 10.3. The van der Waals surface area contributed by atoms with Gasteiger partial charge in [0.1, 0.15) is 10.6 Å². The minimum absolute atomic E-state index is 0.00807. The van der Waals surface area contributed by atoms with E-state index in [1.165, 1.54) is 21.1 Å². The van der Waals surface area contributed by atoms with Crippen LogP contribution >= 0.6 is 0 Å². The van der Waals surface area contributed by atoms with Crippen LogP contribution in [0, 0.1) is 0 Å². The van der Waals surface area contributed by atoms with Gasteiger partial charge >= 0.3 is 5.97 Å². The molecule has 0 aliphatic heterocycles. The van der Waals surface area contributed by atoms with Gasteiger partial charge in [-0.1, -0.05) is 13.8 Å². The summed E-state index contributed by atoms with van der Waals surface area (Å²) in [4.78, 5) is 11.2. The van der Waals surface area contributed by atoms with Gasteiger partial charge in [-0.15, -0.1) is 0 Å². The lowest BCUT2D eigenvalue weighted by Gasteiger charge is -2.25. The van der Waals surface area contributed by atoms with E-state index in [4.69, 9.17) is 5.11 Å². The van der Waals surface area contributed by atoms with E-state index in [2.05, 4.69) is 0 Å². The molecule has 1 rings (SSSR count). The summed E-state index contributed by atoms with van der Waals surface area (Å²) in [6.45, 7) is 8.08. The highest BCUT2D eigenvalue weighted by Gasteiger charge is 2.29. The van der Waals surface area contributed by atoms with Gasteiger partial charge in [0.15, 0.2) is 0 Å². The van der Waals surface area contributed by atoms with Crippen LogP contribution in [0.2, 0.25) is 0 Å². The highest BCUT2D eigenvalue weighted by Crippen LogP contribution is 2.22. The van der Waals surface area contributed by atoms with Gasteiger partial charge in [-0.05, 0) is 26.3 Å². The Balaban J connectivity index is 3.31. The average Bonchev–Trinajstić information content (AvgIpc) is 2.83. The fourth-order valence-electron chi connectivity index (χ4n) is 2.12. The van der Waals surface area contributed by atoms with Crippen molar-refractivity contribution in [3.8, 4) is 0 Å². The third-order valence-corrected chi connectivity index (χ3v) is 5.49. The largest absolute Gasteiger partial charge is 0.477 e. The highest BCUT2D eigenvalue weighted by molar-refractivity contribution is 7.89. The molecule has 0 radical (unpaired) electrons. The quantitative estimate of drug-likeness (QED) is 0.835. The van der Waals surface area contributed by atoms with Gasteiger partial charge in [0.2, 0.25) is 10.0 Å². The van der Waals surface area contributed by atoms with Crippen LogP contribution in [-0.4, -0.2) is 41.0 Å². The van der Waals surface area contributed by atoms with Crippen LogP contribution in [-0.2, 0) is 16.6 Å². The Hall–Kier alpha value is -1.34. The molecule has 20 heavy (non-hydrogen) atoms. The van der Waals surface area contributed by atoms with Crippen LogP contribution in [0.15, 0.2) is 17.2 Å². The molecule has 114 valence electrons. The number of carbonyl (C=O) groups is 1. The average molecular weight is 302 g/mol.